The van der Waals surface area contributed by atoms with E-state index in [0.29, 0.717) is 0 Å². The number of nitrogens with two attached hydrogens (primary N) is 1. The molecule has 0 spiro atoms. The molecule has 1 aliphatic rings. The summed E-state index contributed by atoms with van der Waals surface area (Å²) in [6.45, 7) is 0. The number of nitriles is 1. The summed E-state index contributed by atoms with van der Waals surface area (Å²) in [6, 6.07) is 1.74. The van der Waals surface area contributed by atoms with Gasteiger partial charge in [0.1, 0.15) is 22.2 Å². The fourth-order valence-corrected chi connectivity index (χ4v) is 2.08. The summed E-state index contributed by atoms with van der Waals surface area (Å²) in [5, 5.41) is 11.2. The molecule has 0 atom stereocenters. The molecule has 0 saturated heterocycles. The smallest absolute Gasteiger partial charge is 0.382 e. The molecule has 1 fully saturated rings. The van der Waals surface area contributed by atoms with Crippen molar-refractivity contribution in [2.24, 2.45) is 0 Å². The number of alkyl halides is 3. The van der Waals surface area contributed by atoms with E-state index < -0.39 is 11.7 Å². The Hall–Kier alpha value is -1.49. The number of nitrogens with zero attached hydrogens (tertiary/aromatic N) is 2. The Balaban J connectivity index is 2.26. The highest BCUT2D eigenvalue weighted by Gasteiger charge is 2.63. The summed E-state index contributed by atoms with van der Waals surface area (Å²) in [6.07, 6.45) is -4.29. The van der Waals surface area contributed by atoms with Crippen LogP contribution in [0.1, 0.15) is 18.4 Å². The number of aromatic nitrogens is 1. The number of anilines is 2. The number of nitrogens with one attached hydrogen (secondary N) is 1. The maximum absolute atomic E-state index is 12.6. The topological polar surface area (TPSA) is 74.7 Å². The minimum absolute atomic E-state index is 0.0131. The maximum Gasteiger partial charge on any atom is 0.411 e. The summed E-state index contributed by atoms with van der Waals surface area (Å²) >= 11 is 0.775. The molecular weight excluding hydrogens is 241 g/mol. The van der Waals surface area contributed by atoms with Crippen molar-refractivity contribution < 1.29 is 13.2 Å². The standard InChI is InChI=1S/C8H7F3N4S/c9-8(10,11)7(1-2-7)14-6-4(3-12)5(13)15-16-6/h14H,1-2H2,(H2,13,15). The van der Waals surface area contributed by atoms with E-state index in [1.807, 2.05) is 0 Å². The third-order valence-electron chi connectivity index (χ3n) is 2.48. The molecule has 4 nitrogen and oxygen atoms in total. The second kappa shape index (κ2) is 3.25. The number of halogens is 3. The number of rotatable bonds is 2. The maximum atomic E-state index is 12.6. The predicted molar refractivity (Wildman–Crippen MR) is 52.9 cm³/mol. The largest absolute Gasteiger partial charge is 0.411 e. The van der Waals surface area contributed by atoms with Crippen LogP contribution >= 0.6 is 11.5 Å². The molecule has 3 N–H and O–H groups in total. The fourth-order valence-electron chi connectivity index (χ4n) is 1.32. The van der Waals surface area contributed by atoms with Crippen LogP contribution in [-0.2, 0) is 0 Å². The van der Waals surface area contributed by atoms with Gasteiger partial charge in [-0.1, -0.05) is 0 Å². The minimum Gasteiger partial charge on any atom is -0.382 e. The molecule has 0 aliphatic heterocycles. The van der Waals surface area contributed by atoms with E-state index in [2.05, 4.69) is 9.69 Å². The molecule has 0 radical (unpaired) electrons. The van der Waals surface area contributed by atoms with E-state index >= 15 is 0 Å². The molecule has 0 bridgehead atoms. The van der Waals surface area contributed by atoms with Crippen LogP contribution in [-0.4, -0.2) is 16.1 Å². The Morgan fingerprint density at radius 3 is 2.56 bits per heavy atom. The van der Waals surface area contributed by atoms with E-state index in [0.717, 1.165) is 11.5 Å². The molecule has 0 unspecified atom stereocenters. The van der Waals surface area contributed by atoms with Crippen LogP contribution in [0.3, 0.4) is 0 Å². The van der Waals surface area contributed by atoms with Crippen molar-refractivity contribution in [3.05, 3.63) is 5.56 Å². The van der Waals surface area contributed by atoms with Gasteiger partial charge in [0.15, 0.2) is 5.82 Å². The lowest BCUT2D eigenvalue weighted by molar-refractivity contribution is -0.151. The van der Waals surface area contributed by atoms with Crippen molar-refractivity contribution in [1.29, 1.82) is 5.26 Å². The van der Waals surface area contributed by atoms with Crippen molar-refractivity contribution in [1.82, 2.24) is 4.37 Å². The first-order valence-electron chi connectivity index (χ1n) is 4.40. The quantitative estimate of drug-likeness (QED) is 0.840. The lowest BCUT2D eigenvalue weighted by Crippen LogP contribution is -2.38. The van der Waals surface area contributed by atoms with E-state index in [-0.39, 0.29) is 29.2 Å². The highest BCUT2D eigenvalue weighted by molar-refractivity contribution is 7.10. The minimum atomic E-state index is -4.32. The van der Waals surface area contributed by atoms with Gasteiger partial charge in [-0.2, -0.15) is 22.8 Å². The molecule has 86 valence electrons. The third-order valence-corrected chi connectivity index (χ3v) is 3.25. The lowest BCUT2D eigenvalue weighted by atomic mass is 10.2. The molecule has 2 rings (SSSR count). The monoisotopic (exact) mass is 248 g/mol. The van der Waals surface area contributed by atoms with E-state index in [1.165, 1.54) is 0 Å². The average Bonchev–Trinajstić information content (AvgIpc) is 2.87. The van der Waals surface area contributed by atoms with Gasteiger partial charge in [-0.05, 0) is 24.4 Å². The predicted octanol–water partition coefficient (Wildman–Crippen LogP) is 2.10. The van der Waals surface area contributed by atoms with Gasteiger partial charge in [0.25, 0.3) is 0 Å². The number of hydrogen-bond donors (Lipinski definition) is 2. The van der Waals surface area contributed by atoms with Crippen molar-refractivity contribution in [3.63, 3.8) is 0 Å². The second-order valence-corrected chi connectivity index (χ2v) is 4.36. The molecule has 1 heterocycles. The van der Waals surface area contributed by atoms with Crippen molar-refractivity contribution in [2.45, 2.75) is 24.6 Å². The van der Waals surface area contributed by atoms with Crippen LogP contribution in [0.4, 0.5) is 24.0 Å². The SMILES string of the molecule is N#Cc1c(N)nsc1NC1(C(F)(F)F)CC1. The summed E-state index contributed by atoms with van der Waals surface area (Å²) in [5.41, 5.74) is 3.45. The Morgan fingerprint density at radius 2 is 2.12 bits per heavy atom. The van der Waals surface area contributed by atoms with Gasteiger partial charge in [0.05, 0.1) is 0 Å². The zero-order valence-corrected chi connectivity index (χ0v) is 8.74. The summed E-state index contributed by atoms with van der Waals surface area (Å²) in [7, 11) is 0. The second-order valence-electron chi connectivity index (χ2n) is 3.59. The van der Waals surface area contributed by atoms with Crippen LogP contribution in [0.25, 0.3) is 0 Å². The van der Waals surface area contributed by atoms with Gasteiger partial charge >= 0.3 is 6.18 Å². The van der Waals surface area contributed by atoms with Gasteiger partial charge in [0.2, 0.25) is 0 Å². The molecule has 8 heteroatoms. The van der Waals surface area contributed by atoms with E-state index in [4.69, 9.17) is 11.0 Å². The van der Waals surface area contributed by atoms with Crippen LogP contribution in [0.2, 0.25) is 0 Å². The van der Waals surface area contributed by atoms with Crippen molar-refractivity contribution in [2.75, 3.05) is 11.1 Å². The molecular formula is C8H7F3N4S. The number of nitrogen functional groups attached to an aromatic ring is 1. The lowest BCUT2D eigenvalue weighted by Gasteiger charge is -2.20. The van der Waals surface area contributed by atoms with Crippen LogP contribution in [0.5, 0.6) is 0 Å². The van der Waals surface area contributed by atoms with E-state index in [1.54, 1.807) is 6.07 Å². The molecule has 1 saturated carbocycles. The highest BCUT2D eigenvalue weighted by atomic mass is 32.1. The Kier molecular flexibility index (Phi) is 2.24. The fraction of sp³-hybridized carbons (Fsp3) is 0.500. The Morgan fingerprint density at radius 1 is 1.50 bits per heavy atom. The zero-order chi connectivity index (χ0) is 12.0. The summed E-state index contributed by atoms with van der Waals surface area (Å²) < 4.78 is 41.5. The van der Waals surface area contributed by atoms with Gasteiger partial charge in [-0.25, -0.2) is 0 Å². The highest BCUT2D eigenvalue weighted by Crippen LogP contribution is 2.52. The van der Waals surface area contributed by atoms with Gasteiger partial charge in [-0.3, -0.25) is 0 Å². The summed E-state index contributed by atoms with van der Waals surface area (Å²) in [5.74, 6) is -0.0343. The first-order valence-corrected chi connectivity index (χ1v) is 5.17. The van der Waals surface area contributed by atoms with Gasteiger partial charge in [-0.15, -0.1) is 0 Å². The average molecular weight is 248 g/mol. The van der Waals surface area contributed by atoms with Gasteiger partial charge < -0.3 is 11.1 Å². The molecule has 1 aromatic heterocycles. The van der Waals surface area contributed by atoms with Crippen molar-refractivity contribution >= 4 is 22.4 Å². The molecule has 16 heavy (non-hydrogen) atoms. The van der Waals surface area contributed by atoms with Crippen LogP contribution in [0.15, 0.2) is 0 Å². The van der Waals surface area contributed by atoms with E-state index in [9.17, 15) is 13.2 Å². The number of hydrogen-bond acceptors (Lipinski definition) is 5. The van der Waals surface area contributed by atoms with Crippen LogP contribution < -0.4 is 11.1 Å². The van der Waals surface area contributed by atoms with Crippen molar-refractivity contribution in [3.8, 4) is 6.07 Å². The molecule has 1 aliphatic carbocycles. The Labute approximate surface area is 93.0 Å². The van der Waals surface area contributed by atoms with Gasteiger partial charge in [0, 0.05) is 0 Å². The first kappa shape index (κ1) is 11.0. The third kappa shape index (κ3) is 1.57. The molecule has 0 amide bonds. The normalized spacial score (nSPS) is 17.9. The first-order chi connectivity index (χ1) is 7.39. The molecule has 1 aromatic rings. The summed E-state index contributed by atoms with van der Waals surface area (Å²) in [4.78, 5) is 0. The Bertz CT molecular complexity index is 455. The molecule has 0 aromatic carbocycles. The van der Waals surface area contributed by atoms with Crippen LogP contribution in [0, 0.1) is 11.3 Å². The zero-order valence-electron chi connectivity index (χ0n) is 7.93.